The van der Waals surface area contributed by atoms with Crippen molar-refractivity contribution in [1.82, 2.24) is 9.55 Å². The molecule has 0 aliphatic heterocycles. The first kappa shape index (κ1) is 14.9. The average Bonchev–Trinajstić information content (AvgIpc) is 2.78. The first-order chi connectivity index (χ1) is 9.65. The van der Waals surface area contributed by atoms with Gasteiger partial charge in [0.25, 0.3) is 0 Å². The highest BCUT2D eigenvalue weighted by molar-refractivity contribution is 7.71. The third-order valence-corrected chi connectivity index (χ3v) is 3.98. The Morgan fingerprint density at radius 3 is 2.40 bits per heavy atom. The maximum atomic E-state index is 5.49. The van der Waals surface area contributed by atoms with Crippen molar-refractivity contribution >= 4 is 23.3 Å². The standard InChI is InChI=1S/C15H22N2O2S/c1-5-7-10(6-2)17-12-9-14(19-4)13(18-3)8-11(12)16-15(17)20/h8-10H,5-7H2,1-4H3,(H,16,20). The second-order valence-corrected chi connectivity index (χ2v) is 5.26. The highest BCUT2D eigenvalue weighted by atomic mass is 32.1. The fourth-order valence-corrected chi connectivity index (χ4v) is 3.02. The van der Waals surface area contributed by atoms with Gasteiger partial charge in [0.15, 0.2) is 16.3 Å². The van der Waals surface area contributed by atoms with Gasteiger partial charge in [0, 0.05) is 18.2 Å². The van der Waals surface area contributed by atoms with Crippen molar-refractivity contribution in [2.45, 2.75) is 39.2 Å². The molecule has 0 aliphatic carbocycles. The summed E-state index contributed by atoms with van der Waals surface area (Å²) in [6, 6.07) is 4.36. The molecule has 20 heavy (non-hydrogen) atoms. The Hall–Kier alpha value is -1.49. The molecule has 2 aromatic rings. The van der Waals surface area contributed by atoms with E-state index in [1.54, 1.807) is 14.2 Å². The Labute approximate surface area is 124 Å². The van der Waals surface area contributed by atoms with Gasteiger partial charge >= 0.3 is 0 Å². The smallest absolute Gasteiger partial charge is 0.178 e. The van der Waals surface area contributed by atoms with Crippen molar-refractivity contribution in [2.24, 2.45) is 0 Å². The van der Waals surface area contributed by atoms with Gasteiger partial charge in [0.1, 0.15) is 0 Å². The van der Waals surface area contributed by atoms with Crippen molar-refractivity contribution in [3.8, 4) is 11.5 Å². The lowest BCUT2D eigenvalue weighted by atomic mass is 10.1. The number of benzene rings is 1. The van der Waals surface area contributed by atoms with Crippen molar-refractivity contribution in [3.05, 3.63) is 16.9 Å². The molecule has 0 saturated heterocycles. The largest absolute Gasteiger partial charge is 0.493 e. The summed E-state index contributed by atoms with van der Waals surface area (Å²) in [7, 11) is 3.29. The fraction of sp³-hybridized carbons (Fsp3) is 0.533. The number of hydrogen-bond acceptors (Lipinski definition) is 3. The molecule has 0 aliphatic rings. The summed E-state index contributed by atoms with van der Waals surface area (Å²) < 4.78 is 13.7. The minimum absolute atomic E-state index is 0.416. The molecule has 110 valence electrons. The predicted molar refractivity (Wildman–Crippen MR) is 84.5 cm³/mol. The summed E-state index contributed by atoms with van der Waals surface area (Å²) in [4.78, 5) is 3.27. The number of H-pyrrole nitrogens is 1. The van der Waals surface area contributed by atoms with E-state index in [4.69, 9.17) is 21.7 Å². The van der Waals surface area contributed by atoms with Gasteiger partial charge in [0.2, 0.25) is 0 Å². The van der Waals surface area contributed by atoms with E-state index in [0.29, 0.717) is 11.8 Å². The first-order valence-electron chi connectivity index (χ1n) is 7.02. The van der Waals surface area contributed by atoms with Crippen LogP contribution in [0.5, 0.6) is 11.5 Å². The summed E-state index contributed by atoms with van der Waals surface area (Å²) in [5, 5.41) is 0. The SMILES string of the molecule is CCCC(CC)n1c(=S)[nH]c2cc(OC)c(OC)cc21. The van der Waals surface area contributed by atoms with Gasteiger partial charge in [-0.2, -0.15) is 0 Å². The van der Waals surface area contributed by atoms with E-state index in [1.807, 2.05) is 12.1 Å². The van der Waals surface area contributed by atoms with E-state index in [2.05, 4.69) is 23.4 Å². The third kappa shape index (κ3) is 2.54. The van der Waals surface area contributed by atoms with E-state index in [1.165, 1.54) is 0 Å². The Morgan fingerprint density at radius 2 is 1.85 bits per heavy atom. The van der Waals surface area contributed by atoms with E-state index < -0.39 is 0 Å². The molecule has 1 heterocycles. The molecule has 2 rings (SSSR count). The Kier molecular flexibility index (Phi) is 4.70. The second-order valence-electron chi connectivity index (χ2n) is 4.88. The van der Waals surface area contributed by atoms with Crippen LogP contribution in [0, 0.1) is 4.77 Å². The molecule has 5 heteroatoms. The van der Waals surface area contributed by atoms with Crippen molar-refractivity contribution in [1.29, 1.82) is 0 Å². The van der Waals surface area contributed by atoms with E-state index in [9.17, 15) is 0 Å². The summed E-state index contributed by atoms with van der Waals surface area (Å²) in [5.41, 5.74) is 2.06. The van der Waals surface area contributed by atoms with Gasteiger partial charge in [0.05, 0.1) is 25.3 Å². The van der Waals surface area contributed by atoms with Crippen LogP contribution >= 0.6 is 12.2 Å². The minimum atomic E-state index is 0.416. The van der Waals surface area contributed by atoms with E-state index in [0.717, 1.165) is 40.8 Å². The number of nitrogens with zero attached hydrogens (tertiary/aromatic N) is 1. The molecule has 0 fully saturated rings. The molecule has 1 N–H and O–H groups in total. The number of methoxy groups -OCH3 is 2. The Balaban J connectivity index is 2.66. The number of hydrogen-bond donors (Lipinski definition) is 1. The van der Waals surface area contributed by atoms with Gasteiger partial charge < -0.3 is 19.0 Å². The molecular weight excluding hydrogens is 272 g/mol. The molecule has 0 bridgehead atoms. The Bertz CT molecular complexity index is 645. The molecule has 1 aromatic heterocycles. The minimum Gasteiger partial charge on any atom is -0.493 e. The molecule has 1 unspecified atom stereocenters. The summed E-state index contributed by atoms with van der Waals surface area (Å²) >= 11 is 5.49. The zero-order valence-corrected chi connectivity index (χ0v) is 13.3. The lowest BCUT2D eigenvalue weighted by molar-refractivity contribution is 0.355. The highest BCUT2D eigenvalue weighted by Crippen LogP contribution is 2.34. The molecule has 1 atom stereocenters. The fourth-order valence-electron chi connectivity index (χ4n) is 2.66. The van der Waals surface area contributed by atoms with E-state index >= 15 is 0 Å². The number of aromatic amines is 1. The maximum absolute atomic E-state index is 5.49. The molecule has 0 spiro atoms. The summed E-state index contributed by atoms with van der Waals surface area (Å²) in [5.74, 6) is 1.45. The van der Waals surface area contributed by atoms with Crippen LogP contribution in [0.2, 0.25) is 0 Å². The molecular formula is C15H22N2O2S. The van der Waals surface area contributed by atoms with E-state index in [-0.39, 0.29) is 0 Å². The summed E-state index contributed by atoms with van der Waals surface area (Å²) in [6.07, 6.45) is 3.32. The van der Waals surface area contributed by atoms with Crippen molar-refractivity contribution in [3.63, 3.8) is 0 Å². The number of aromatic nitrogens is 2. The molecule has 0 radical (unpaired) electrons. The van der Waals surface area contributed by atoms with Crippen LogP contribution in [-0.4, -0.2) is 23.8 Å². The van der Waals surface area contributed by atoms with Crippen molar-refractivity contribution < 1.29 is 9.47 Å². The van der Waals surface area contributed by atoms with Crippen LogP contribution in [0.4, 0.5) is 0 Å². The molecule has 0 amide bonds. The van der Waals surface area contributed by atoms with Gasteiger partial charge in [-0.1, -0.05) is 20.3 Å². The zero-order valence-electron chi connectivity index (χ0n) is 12.5. The average molecular weight is 294 g/mol. The van der Waals surface area contributed by atoms with Crippen LogP contribution in [0.25, 0.3) is 11.0 Å². The maximum Gasteiger partial charge on any atom is 0.178 e. The number of nitrogens with one attached hydrogen (secondary N) is 1. The second kappa shape index (κ2) is 6.31. The first-order valence-corrected chi connectivity index (χ1v) is 7.43. The molecule has 0 saturated carbocycles. The highest BCUT2D eigenvalue weighted by Gasteiger charge is 2.16. The number of fused-ring (bicyclic) bond motifs is 1. The van der Waals surface area contributed by atoms with Crippen LogP contribution < -0.4 is 9.47 Å². The third-order valence-electron chi connectivity index (χ3n) is 3.68. The van der Waals surface area contributed by atoms with Crippen LogP contribution in [0.15, 0.2) is 12.1 Å². The normalized spacial score (nSPS) is 12.6. The molecule has 1 aromatic carbocycles. The number of imidazole rings is 1. The topological polar surface area (TPSA) is 39.2 Å². The lowest BCUT2D eigenvalue weighted by Crippen LogP contribution is -2.08. The lowest BCUT2D eigenvalue weighted by Gasteiger charge is -2.17. The van der Waals surface area contributed by atoms with Crippen LogP contribution in [0.3, 0.4) is 0 Å². The molecule has 4 nitrogen and oxygen atoms in total. The van der Waals surface area contributed by atoms with Gasteiger partial charge in [-0.25, -0.2) is 0 Å². The quantitative estimate of drug-likeness (QED) is 0.799. The van der Waals surface area contributed by atoms with Gasteiger partial charge in [-0.3, -0.25) is 0 Å². The number of rotatable bonds is 6. The van der Waals surface area contributed by atoms with Crippen molar-refractivity contribution in [2.75, 3.05) is 14.2 Å². The predicted octanol–water partition coefficient (Wildman–Crippen LogP) is 4.47. The van der Waals surface area contributed by atoms with Crippen LogP contribution in [-0.2, 0) is 0 Å². The Morgan fingerprint density at radius 1 is 1.20 bits per heavy atom. The monoisotopic (exact) mass is 294 g/mol. The van der Waals surface area contributed by atoms with Gasteiger partial charge in [-0.05, 0) is 25.1 Å². The van der Waals surface area contributed by atoms with Gasteiger partial charge in [-0.15, -0.1) is 0 Å². The van der Waals surface area contributed by atoms with Crippen LogP contribution in [0.1, 0.15) is 39.2 Å². The summed E-state index contributed by atoms with van der Waals surface area (Å²) in [6.45, 7) is 4.40. The number of ether oxygens (including phenoxy) is 2. The zero-order chi connectivity index (χ0) is 14.7.